The molecular formula is C24H26ClF3N2O5S. The van der Waals surface area contributed by atoms with Gasteiger partial charge in [-0.25, -0.2) is 21.6 Å². The van der Waals surface area contributed by atoms with Crippen molar-refractivity contribution in [1.29, 1.82) is 0 Å². The summed E-state index contributed by atoms with van der Waals surface area (Å²) in [6.07, 6.45) is 0.456. The summed E-state index contributed by atoms with van der Waals surface area (Å²) in [6, 6.07) is 4.70. The molecule has 2 heterocycles. The highest BCUT2D eigenvalue weighted by Crippen LogP contribution is 2.43. The third-order valence-electron chi connectivity index (χ3n) is 7.05. The van der Waals surface area contributed by atoms with Gasteiger partial charge in [0.2, 0.25) is 0 Å². The lowest BCUT2D eigenvalue weighted by molar-refractivity contribution is 0.0272. The highest BCUT2D eigenvalue weighted by molar-refractivity contribution is 7.92. The highest BCUT2D eigenvalue weighted by atomic mass is 35.5. The van der Waals surface area contributed by atoms with Gasteiger partial charge in [-0.15, -0.1) is 0 Å². The van der Waals surface area contributed by atoms with Crippen LogP contribution >= 0.6 is 11.6 Å². The molecule has 2 aromatic rings. The molecule has 4 rings (SSSR count). The quantitative estimate of drug-likeness (QED) is 0.460. The summed E-state index contributed by atoms with van der Waals surface area (Å²) in [5, 5.41) is 20.5. The van der Waals surface area contributed by atoms with Gasteiger partial charge in [-0.05, 0) is 43.4 Å². The normalized spacial score (nSPS) is 25.1. The van der Waals surface area contributed by atoms with E-state index in [0.29, 0.717) is 25.0 Å². The van der Waals surface area contributed by atoms with Gasteiger partial charge in [0.1, 0.15) is 0 Å². The first kappa shape index (κ1) is 26.9. The smallest absolute Gasteiger partial charge is 0.255 e. The lowest BCUT2D eigenvalue weighted by atomic mass is 9.98. The molecule has 36 heavy (non-hydrogen) atoms. The Morgan fingerprint density at radius 3 is 2.44 bits per heavy atom. The second kappa shape index (κ2) is 10.3. The first-order valence-corrected chi connectivity index (χ1v) is 13.4. The molecule has 196 valence electrons. The number of benzene rings is 2. The number of hydrogen-bond donors (Lipinski definition) is 3. The molecule has 0 saturated carbocycles. The van der Waals surface area contributed by atoms with Crippen molar-refractivity contribution >= 4 is 33.0 Å². The molecule has 2 fully saturated rings. The molecule has 2 aliphatic rings. The number of carbonyl (C=O) groups excluding carboxylic acids is 1. The van der Waals surface area contributed by atoms with Crippen molar-refractivity contribution in [3.63, 3.8) is 0 Å². The number of aliphatic hydroxyl groups is 2. The van der Waals surface area contributed by atoms with E-state index in [-0.39, 0.29) is 52.3 Å². The summed E-state index contributed by atoms with van der Waals surface area (Å²) in [6.45, 7) is 1.90. The van der Waals surface area contributed by atoms with Crippen LogP contribution in [0, 0.1) is 23.4 Å². The Kier molecular flexibility index (Phi) is 7.68. The molecule has 1 amide bonds. The van der Waals surface area contributed by atoms with E-state index in [1.807, 2.05) is 6.92 Å². The van der Waals surface area contributed by atoms with Crippen LogP contribution < -0.4 is 5.32 Å². The number of fused-ring (bicyclic) bond motifs is 2. The number of aliphatic hydroxyl groups excluding tert-OH is 2. The topological polar surface area (TPSA) is 107 Å². The minimum atomic E-state index is -3.97. The van der Waals surface area contributed by atoms with E-state index in [4.69, 9.17) is 11.6 Å². The number of nitrogens with zero attached hydrogens (tertiary/aromatic N) is 1. The van der Waals surface area contributed by atoms with Gasteiger partial charge >= 0.3 is 0 Å². The van der Waals surface area contributed by atoms with Crippen molar-refractivity contribution in [2.24, 2.45) is 5.92 Å². The zero-order chi connectivity index (χ0) is 26.4. The lowest BCUT2D eigenvalue weighted by Crippen LogP contribution is -2.50. The highest BCUT2D eigenvalue weighted by Gasteiger charge is 2.49. The molecule has 2 aromatic carbocycles. The van der Waals surface area contributed by atoms with Gasteiger partial charge in [0.15, 0.2) is 27.3 Å². The molecule has 7 nitrogen and oxygen atoms in total. The van der Waals surface area contributed by atoms with Crippen LogP contribution in [0.4, 0.5) is 18.9 Å². The number of nitrogens with one attached hydrogen (secondary N) is 1. The fourth-order valence-corrected chi connectivity index (χ4v) is 7.66. The van der Waals surface area contributed by atoms with Gasteiger partial charge in [0, 0.05) is 42.0 Å². The maximum Gasteiger partial charge on any atom is 0.255 e. The average Bonchev–Trinajstić information content (AvgIpc) is 2.98. The van der Waals surface area contributed by atoms with Crippen molar-refractivity contribution in [1.82, 2.24) is 4.90 Å². The SMILES string of the molecule is C[C@H]1CC2CC(S(=O)(=O)c3cc(C(=O)Nc4cc(F)c(F)c(F)c4)ccc3Cl)CC1N2C[C@H](O)CO. The van der Waals surface area contributed by atoms with Gasteiger partial charge < -0.3 is 15.5 Å². The standard InChI is InChI=1S/C24H26ClF3N2O5S/c1-12-4-15-8-17(9-21(12)30(15)10-16(32)11-31)36(34,35)22-5-13(2-3-18(22)25)24(33)29-14-6-19(26)23(28)20(27)7-14/h2-3,5-7,12,15-17,21,31-32H,4,8-11H2,1H3,(H,29,33)/t12-,15?,16-,17?,21?/m0/s1. The third-order valence-corrected chi connectivity index (χ3v) is 9.70. The van der Waals surface area contributed by atoms with Gasteiger partial charge in [-0.3, -0.25) is 9.69 Å². The molecule has 12 heteroatoms. The van der Waals surface area contributed by atoms with E-state index >= 15 is 0 Å². The van der Waals surface area contributed by atoms with Gasteiger partial charge in [0.05, 0.1) is 27.9 Å². The lowest BCUT2D eigenvalue weighted by Gasteiger charge is -2.40. The Balaban J connectivity index is 1.57. The van der Waals surface area contributed by atoms with E-state index < -0.39 is 44.5 Å². The van der Waals surface area contributed by atoms with Crippen molar-refractivity contribution in [2.45, 2.75) is 54.5 Å². The molecule has 3 unspecified atom stereocenters. The van der Waals surface area contributed by atoms with Crippen molar-refractivity contribution in [3.05, 3.63) is 58.4 Å². The number of hydrogen-bond acceptors (Lipinski definition) is 6. The average molecular weight is 547 g/mol. The number of amides is 1. The maximum absolute atomic E-state index is 13.6. The predicted molar refractivity (Wildman–Crippen MR) is 127 cm³/mol. The summed E-state index contributed by atoms with van der Waals surface area (Å²) in [7, 11) is -3.97. The Morgan fingerprint density at radius 2 is 1.83 bits per heavy atom. The Bertz CT molecular complexity index is 1260. The molecule has 3 N–H and O–H groups in total. The molecule has 0 aromatic heterocycles. The molecule has 2 aliphatic heterocycles. The summed E-state index contributed by atoms with van der Waals surface area (Å²) in [4.78, 5) is 14.5. The van der Waals surface area contributed by atoms with Crippen LogP contribution in [-0.4, -0.2) is 66.0 Å². The Labute approximate surface area is 211 Å². The van der Waals surface area contributed by atoms with Crippen LogP contribution in [0.1, 0.15) is 36.5 Å². The zero-order valence-electron chi connectivity index (χ0n) is 19.3. The van der Waals surface area contributed by atoms with Crippen molar-refractivity contribution in [3.8, 4) is 0 Å². The first-order valence-electron chi connectivity index (χ1n) is 11.5. The number of sulfone groups is 1. The Morgan fingerprint density at radius 1 is 1.17 bits per heavy atom. The van der Waals surface area contributed by atoms with Gasteiger partial charge in [0.25, 0.3) is 5.91 Å². The van der Waals surface area contributed by atoms with Crippen LogP contribution in [0.15, 0.2) is 35.2 Å². The largest absolute Gasteiger partial charge is 0.394 e. The van der Waals surface area contributed by atoms with E-state index in [0.717, 1.165) is 12.5 Å². The van der Waals surface area contributed by atoms with Crippen LogP contribution in [0.5, 0.6) is 0 Å². The summed E-state index contributed by atoms with van der Waals surface area (Å²) < 4.78 is 67.4. The van der Waals surface area contributed by atoms with Crippen molar-refractivity contribution < 1.29 is 36.6 Å². The predicted octanol–water partition coefficient (Wildman–Crippen LogP) is 3.38. The molecule has 0 radical (unpaired) electrons. The summed E-state index contributed by atoms with van der Waals surface area (Å²) >= 11 is 6.23. The molecule has 0 spiro atoms. The second-order valence-corrected chi connectivity index (χ2v) is 12.1. The van der Waals surface area contributed by atoms with Gasteiger partial charge in [-0.1, -0.05) is 18.5 Å². The number of rotatable bonds is 7. The van der Waals surface area contributed by atoms with Crippen LogP contribution in [0.25, 0.3) is 0 Å². The minimum absolute atomic E-state index is 0.0658. The summed E-state index contributed by atoms with van der Waals surface area (Å²) in [5.41, 5.74) is -0.443. The number of halogens is 4. The van der Waals surface area contributed by atoms with Gasteiger partial charge in [-0.2, -0.15) is 0 Å². The minimum Gasteiger partial charge on any atom is -0.394 e. The second-order valence-electron chi connectivity index (χ2n) is 9.46. The molecule has 0 aliphatic carbocycles. The third kappa shape index (κ3) is 5.12. The van der Waals surface area contributed by atoms with E-state index in [9.17, 15) is 36.6 Å². The number of anilines is 1. The van der Waals surface area contributed by atoms with E-state index in [1.54, 1.807) is 0 Å². The first-order chi connectivity index (χ1) is 16.9. The molecule has 2 saturated heterocycles. The number of piperidine rings is 1. The zero-order valence-corrected chi connectivity index (χ0v) is 20.9. The van der Waals surface area contributed by atoms with E-state index in [2.05, 4.69) is 10.2 Å². The Hall–Kier alpha value is -2.18. The fraction of sp³-hybridized carbons (Fsp3) is 0.458. The summed E-state index contributed by atoms with van der Waals surface area (Å²) in [5.74, 6) is -5.29. The van der Waals surface area contributed by atoms with E-state index in [1.165, 1.54) is 12.1 Å². The van der Waals surface area contributed by atoms with Crippen LogP contribution in [0.2, 0.25) is 5.02 Å². The molecular weight excluding hydrogens is 521 g/mol. The molecule has 5 atom stereocenters. The monoisotopic (exact) mass is 546 g/mol. The van der Waals surface area contributed by atoms with Crippen LogP contribution in [0.3, 0.4) is 0 Å². The fourth-order valence-electron chi connectivity index (χ4n) is 5.30. The molecule has 2 bridgehead atoms. The van der Waals surface area contributed by atoms with Crippen LogP contribution in [-0.2, 0) is 9.84 Å². The van der Waals surface area contributed by atoms with Crippen molar-refractivity contribution in [2.75, 3.05) is 18.5 Å². The maximum atomic E-state index is 13.6. The number of carbonyl (C=O) groups is 1.